The maximum atomic E-state index is 12.2. The van der Waals surface area contributed by atoms with Crippen LogP contribution in [-0.2, 0) is 13.0 Å². The summed E-state index contributed by atoms with van der Waals surface area (Å²) in [5.41, 5.74) is 6.79. The molecule has 1 aromatic heterocycles. The van der Waals surface area contributed by atoms with E-state index in [9.17, 15) is 4.79 Å². The van der Waals surface area contributed by atoms with E-state index in [4.69, 9.17) is 10.5 Å². The maximum absolute atomic E-state index is 12.2. The Bertz CT molecular complexity index is 625. The molecule has 0 bridgehead atoms. The van der Waals surface area contributed by atoms with Gasteiger partial charge in [-0.1, -0.05) is 6.92 Å². The summed E-state index contributed by atoms with van der Waals surface area (Å²) in [5.74, 6) is 0.418. The molecule has 1 heterocycles. The van der Waals surface area contributed by atoms with Gasteiger partial charge in [0.15, 0.2) is 0 Å². The van der Waals surface area contributed by atoms with Crippen molar-refractivity contribution in [3.63, 3.8) is 0 Å². The summed E-state index contributed by atoms with van der Waals surface area (Å²) < 4.78 is 5.39. The van der Waals surface area contributed by atoms with Crippen LogP contribution < -0.4 is 15.8 Å². The molecule has 0 saturated carbocycles. The first kappa shape index (κ1) is 15.3. The van der Waals surface area contributed by atoms with Crippen molar-refractivity contribution in [3.8, 4) is 5.75 Å². The molecule has 1 amide bonds. The normalized spacial score (nSPS) is 10.4. The highest BCUT2D eigenvalue weighted by molar-refractivity contribution is 7.11. The van der Waals surface area contributed by atoms with Crippen molar-refractivity contribution in [1.29, 1.82) is 0 Å². The fraction of sp³-hybridized carbons (Fsp3) is 0.333. The number of anilines is 1. The van der Waals surface area contributed by atoms with Crippen LogP contribution in [0.5, 0.6) is 5.75 Å². The number of hydrogen-bond donors (Lipinski definition) is 2. The Labute approximate surface area is 128 Å². The van der Waals surface area contributed by atoms with E-state index in [0.717, 1.165) is 11.4 Å². The summed E-state index contributed by atoms with van der Waals surface area (Å²) in [7, 11) is 0. The molecule has 0 saturated heterocycles. The van der Waals surface area contributed by atoms with Gasteiger partial charge < -0.3 is 15.8 Å². The minimum atomic E-state index is -0.184. The number of hydrogen-bond acceptors (Lipinski definition) is 5. The van der Waals surface area contributed by atoms with Crippen molar-refractivity contribution in [2.45, 2.75) is 26.8 Å². The topological polar surface area (TPSA) is 77.2 Å². The Morgan fingerprint density at radius 2 is 2.19 bits per heavy atom. The lowest BCUT2D eigenvalue weighted by molar-refractivity contribution is 0.0950. The SMILES string of the molecule is CCOc1cc(N)cc(C(=O)NCc2ncc(CC)s2)c1. The molecule has 3 N–H and O–H groups in total. The van der Waals surface area contributed by atoms with Crippen LogP contribution in [0.25, 0.3) is 0 Å². The first-order valence-corrected chi connectivity index (χ1v) is 7.69. The van der Waals surface area contributed by atoms with E-state index in [-0.39, 0.29) is 5.91 Å². The number of rotatable bonds is 6. The molecule has 0 spiro atoms. The van der Waals surface area contributed by atoms with Crippen LogP contribution in [-0.4, -0.2) is 17.5 Å². The summed E-state index contributed by atoms with van der Waals surface area (Å²) in [4.78, 5) is 17.6. The molecular weight excluding hydrogens is 286 g/mol. The second-order valence-corrected chi connectivity index (χ2v) is 5.68. The van der Waals surface area contributed by atoms with E-state index in [1.807, 2.05) is 13.1 Å². The summed E-state index contributed by atoms with van der Waals surface area (Å²) in [5, 5.41) is 3.74. The Morgan fingerprint density at radius 1 is 1.38 bits per heavy atom. The maximum Gasteiger partial charge on any atom is 0.251 e. The van der Waals surface area contributed by atoms with Gasteiger partial charge >= 0.3 is 0 Å². The molecule has 21 heavy (non-hydrogen) atoms. The van der Waals surface area contributed by atoms with E-state index < -0.39 is 0 Å². The number of carbonyl (C=O) groups excluding carboxylic acids is 1. The first-order chi connectivity index (χ1) is 10.1. The van der Waals surface area contributed by atoms with Crippen molar-refractivity contribution in [3.05, 3.63) is 39.8 Å². The second-order valence-electron chi connectivity index (χ2n) is 4.48. The molecule has 0 radical (unpaired) electrons. The number of nitrogens with two attached hydrogens (primary N) is 1. The third kappa shape index (κ3) is 4.19. The minimum Gasteiger partial charge on any atom is -0.494 e. The summed E-state index contributed by atoms with van der Waals surface area (Å²) >= 11 is 1.61. The molecule has 0 aliphatic heterocycles. The third-order valence-electron chi connectivity index (χ3n) is 2.85. The standard InChI is InChI=1S/C15H19N3O2S/c1-3-13-8-17-14(21-13)9-18-15(19)10-5-11(16)7-12(6-10)20-4-2/h5-8H,3-4,9,16H2,1-2H3,(H,18,19). The monoisotopic (exact) mass is 305 g/mol. The molecular formula is C15H19N3O2S. The third-order valence-corrected chi connectivity index (χ3v) is 3.99. The Balaban J connectivity index is 2.02. The lowest BCUT2D eigenvalue weighted by Gasteiger charge is -2.08. The van der Waals surface area contributed by atoms with Gasteiger partial charge in [0, 0.05) is 28.4 Å². The molecule has 5 nitrogen and oxygen atoms in total. The lowest BCUT2D eigenvalue weighted by Crippen LogP contribution is -2.22. The molecule has 1 aromatic carbocycles. The number of amides is 1. The fourth-order valence-electron chi connectivity index (χ4n) is 1.85. The van der Waals surface area contributed by atoms with Gasteiger partial charge in [-0.05, 0) is 25.5 Å². The van der Waals surface area contributed by atoms with Crippen LogP contribution in [0.2, 0.25) is 0 Å². The number of thiazole rings is 1. The highest BCUT2D eigenvalue weighted by Crippen LogP contribution is 2.19. The minimum absolute atomic E-state index is 0.184. The molecule has 0 unspecified atom stereocenters. The van der Waals surface area contributed by atoms with Crippen LogP contribution in [0.3, 0.4) is 0 Å². The molecule has 6 heteroatoms. The quantitative estimate of drug-likeness (QED) is 0.804. The van der Waals surface area contributed by atoms with E-state index in [1.54, 1.807) is 29.5 Å². The van der Waals surface area contributed by atoms with Crippen molar-refractivity contribution < 1.29 is 9.53 Å². The highest BCUT2D eigenvalue weighted by atomic mass is 32.1. The highest BCUT2D eigenvalue weighted by Gasteiger charge is 2.09. The van der Waals surface area contributed by atoms with Gasteiger partial charge in [-0.25, -0.2) is 4.98 Å². The number of carbonyl (C=O) groups is 1. The van der Waals surface area contributed by atoms with Gasteiger partial charge in [-0.15, -0.1) is 11.3 Å². The molecule has 0 fully saturated rings. The van der Waals surface area contributed by atoms with E-state index in [0.29, 0.717) is 30.2 Å². The zero-order valence-corrected chi connectivity index (χ0v) is 13.0. The number of ether oxygens (including phenoxy) is 1. The summed E-state index contributed by atoms with van der Waals surface area (Å²) in [6, 6.07) is 5.03. The molecule has 0 aliphatic carbocycles. The molecule has 2 rings (SSSR count). The Morgan fingerprint density at radius 3 is 2.86 bits per heavy atom. The summed E-state index contributed by atoms with van der Waals surface area (Å²) in [6.45, 7) is 4.92. The van der Waals surface area contributed by atoms with Crippen molar-refractivity contribution in [2.24, 2.45) is 0 Å². The Hall–Kier alpha value is -2.08. The largest absolute Gasteiger partial charge is 0.494 e. The van der Waals surface area contributed by atoms with Gasteiger partial charge in [0.05, 0.1) is 13.2 Å². The molecule has 0 atom stereocenters. The number of benzene rings is 1. The number of nitrogens with zero attached hydrogens (tertiary/aromatic N) is 1. The van der Waals surface area contributed by atoms with Crippen LogP contribution in [0.15, 0.2) is 24.4 Å². The second kappa shape index (κ2) is 7.08. The number of nitrogen functional groups attached to an aromatic ring is 1. The molecule has 112 valence electrons. The number of aryl methyl sites for hydroxylation is 1. The lowest BCUT2D eigenvalue weighted by atomic mass is 10.1. The van der Waals surface area contributed by atoms with E-state index in [1.165, 1.54) is 4.88 Å². The average molecular weight is 305 g/mol. The van der Waals surface area contributed by atoms with E-state index >= 15 is 0 Å². The van der Waals surface area contributed by atoms with Gasteiger partial charge in [-0.2, -0.15) is 0 Å². The Kier molecular flexibility index (Phi) is 5.16. The van der Waals surface area contributed by atoms with Crippen LogP contribution in [0.1, 0.15) is 34.1 Å². The summed E-state index contributed by atoms with van der Waals surface area (Å²) in [6.07, 6.45) is 2.80. The van der Waals surface area contributed by atoms with Gasteiger partial charge in [0.25, 0.3) is 5.91 Å². The van der Waals surface area contributed by atoms with Crippen molar-refractivity contribution in [2.75, 3.05) is 12.3 Å². The van der Waals surface area contributed by atoms with Gasteiger partial charge in [0.1, 0.15) is 10.8 Å². The zero-order chi connectivity index (χ0) is 15.2. The fourth-order valence-corrected chi connectivity index (χ4v) is 2.66. The first-order valence-electron chi connectivity index (χ1n) is 6.87. The van der Waals surface area contributed by atoms with Crippen LogP contribution >= 0.6 is 11.3 Å². The molecule has 2 aromatic rings. The smallest absolute Gasteiger partial charge is 0.251 e. The predicted octanol–water partition coefficient (Wildman–Crippen LogP) is 2.62. The average Bonchev–Trinajstić information content (AvgIpc) is 2.92. The molecule has 0 aliphatic rings. The van der Waals surface area contributed by atoms with Crippen LogP contribution in [0.4, 0.5) is 5.69 Å². The predicted molar refractivity (Wildman–Crippen MR) is 84.7 cm³/mol. The van der Waals surface area contributed by atoms with Gasteiger partial charge in [0.2, 0.25) is 0 Å². The van der Waals surface area contributed by atoms with Crippen molar-refractivity contribution >= 4 is 22.9 Å². The zero-order valence-electron chi connectivity index (χ0n) is 12.2. The van der Waals surface area contributed by atoms with Crippen molar-refractivity contribution in [1.82, 2.24) is 10.3 Å². The number of aromatic nitrogens is 1. The van der Waals surface area contributed by atoms with Gasteiger partial charge in [-0.3, -0.25) is 4.79 Å². The van der Waals surface area contributed by atoms with E-state index in [2.05, 4.69) is 17.2 Å². The van der Waals surface area contributed by atoms with Crippen LogP contribution in [0, 0.1) is 0 Å². The number of nitrogens with one attached hydrogen (secondary N) is 1.